The zero-order valence-electron chi connectivity index (χ0n) is 11.4. The molecule has 8 nitrogen and oxygen atoms in total. The van der Waals surface area contributed by atoms with E-state index in [1.807, 2.05) is 0 Å². The Morgan fingerprint density at radius 1 is 1.15 bits per heavy atom. The number of likely N-dealkylation sites (N-methyl/N-ethyl adjacent to an activating group) is 1. The third-order valence-corrected chi connectivity index (χ3v) is 3.69. The third kappa shape index (κ3) is 1.87. The fourth-order valence-corrected chi connectivity index (χ4v) is 2.22. The zero-order valence-corrected chi connectivity index (χ0v) is 11.4. The van der Waals surface area contributed by atoms with Crippen LogP contribution in [0.25, 0.3) is 0 Å². The number of carbonyl (C=O) groups is 5. The first kappa shape index (κ1) is 14.2. The molecule has 2 saturated heterocycles. The molecule has 2 fully saturated rings. The van der Waals surface area contributed by atoms with E-state index >= 15 is 0 Å². The number of carbonyl (C=O) groups excluding carboxylic acids is 5. The van der Waals surface area contributed by atoms with Gasteiger partial charge in [-0.3, -0.25) is 34.3 Å². The van der Waals surface area contributed by atoms with Crippen molar-refractivity contribution in [3.8, 4) is 0 Å². The SMILES string of the molecule is CN1C(=O)CCC(N2C(=O)NC(=O)C(C)(C)C2=O)C1=O. The Morgan fingerprint density at radius 2 is 1.75 bits per heavy atom. The van der Waals surface area contributed by atoms with Gasteiger partial charge in [-0.1, -0.05) is 0 Å². The van der Waals surface area contributed by atoms with Gasteiger partial charge in [0.1, 0.15) is 11.5 Å². The summed E-state index contributed by atoms with van der Waals surface area (Å²) in [4.78, 5) is 60.9. The lowest BCUT2D eigenvalue weighted by molar-refractivity contribution is -0.160. The van der Waals surface area contributed by atoms with Crippen molar-refractivity contribution in [1.82, 2.24) is 15.1 Å². The second kappa shape index (κ2) is 4.39. The second-order valence-electron chi connectivity index (χ2n) is 5.40. The van der Waals surface area contributed by atoms with Gasteiger partial charge in [0.25, 0.3) is 5.91 Å². The van der Waals surface area contributed by atoms with E-state index in [-0.39, 0.29) is 18.7 Å². The number of amides is 6. The van der Waals surface area contributed by atoms with E-state index in [9.17, 15) is 24.0 Å². The molecule has 2 aliphatic rings. The molecule has 0 bridgehead atoms. The van der Waals surface area contributed by atoms with Crippen molar-refractivity contribution in [2.45, 2.75) is 32.7 Å². The second-order valence-corrected chi connectivity index (χ2v) is 5.40. The molecule has 8 heteroatoms. The Hall–Kier alpha value is -2.25. The van der Waals surface area contributed by atoms with Crippen LogP contribution in [-0.4, -0.2) is 52.5 Å². The minimum atomic E-state index is -1.42. The van der Waals surface area contributed by atoms with E-state index in [0.717, 1.165) is 9.80 Å². The van der Waals surface area contributed by atoms with E-state index in [0.29, 0.717) is 0 Å². The summed E-state index contributed by atoms with van der Waals surface area (Å²) in [5.41, 5.74) is -1.42. The van der Waals surface area contributed by atoms with Crippen molar-refractivity contribution in [1.29, 1.82) is 0 Å². The summed E-state index contributed by atoms with van der Waals surface area (Å²) in [7, 11) is 1.31. The minimum Gasteiger partial charge on any atom is -0.284 e. The summed E-state index contributed by atoms with van der Waals surface area (Å²) < 4.78 is 0. The predicted molar refractivity (Wildman–Crippen MR) is 65.0 cm³/mol. The fraction of sp³-hybridized carbons (Fsp3) is 0.583. The number of urea groups is 1. The average molecular weight is 281 g/mol. The largest absolute Gasteiger partial charge is 0.331 e. The topological polar surface area (TPSA) is 104 Å². The molecular weight excluding hydrogens is 266 g/mol. The van der Waals surface area contributed by atoms with Crippen LogP contribution in [0, 0.1) is 5.41 Å². The first-order valence-corrected chi connectivity index (χ1v) is 6.17. The number of barbiturate groups is 1. The summed E-state index contributed by atoms with van der Waals surface area (Å²) in [6, 6.07) is -1.96. The normalized spacial score (nSPS) is 26.9. The molecule has 20 heavy (non-hydrogen) atoms. The number of nitrogens with one attached hydrogen (secondary N) is 1. The highest BCUT2D eigenvalue weighted by molar-refractivity contribution is 6.20. The molecule has 2 heterocycles. The van der Waals surface area contributed by atoms with Gasteiger partial charge in [-0.15, -0.1) is 0 Å². The van der Waals surface area contributed by atoms with Crippen LogP contribution in [0.3, 0.4) is 0 Å². The standard InChI is InChI=1S/C12H15N3O5/c1-12(2)9(18)13-11(20)15(10(12)19)6-4-5-7(16)14(3)8(6)17/h6H,4-5H2,1-3H3,(H,13,18,20). The first-order valence-electron chi connectivity index (χ1n) is 6.17. The zero-order chi connectivity index (χ0) is 15.2. The van der Waals surface area contributed by atoms with Gasteiger partial charge >= 0.3 is 6.03 Å². The van der Waals surface area contributed by atoms with Gasteiger partial charge < -0.3 is 0 Å². The van der Waals surface area contributed by atoms with Crippen LogP contribution >= 0.6 is 0 Å². The highest BCUT2D eigenvalue weighted by Gasteiger charge is 2.52. The van der Waals surface area contributed by atoms with Crippen LogP contribution in [0.5, 0.6) is 0 Å². The van der Waals surface area contributed by atoms with Crippen molar-refractivity contribution in [2.24, 2.45) is 5.41 Å². The Morgan fingerprint density at radius 3 is 2.35 bits per heavy atom. The molecule has 0 spiro atoms. The molecule has 0 aromatic heterocycles. The predicted octanol–water partition coefficient (Wildman–Crippen LogP) is -0.762. The van der Waals surface area contributed by atoms with E-state index in [1.165, 1.54) is 20.9 Å². The molecule has 6 amide bonds. The summed E-state index contributed by atoms with van der Waals surface area (Å²) in [5, 5.41) is 2.07. The van der Waals surface area contributed by atoms with E-state index < -0.39 is 35.2 Å². The van der Waals surface area contributed by atoms with Gasteiger partial charge in [-0.25, -0.2) is 4.79 Å². The van der Waals surface area contributed by atoms with Crippen molar-refractivity contribution in [3.05, 3.63) is 0 Å². The number of imide groups is 3. The van der Waals surface area contributed by atoms with Crippen LogP contribution in [-0.2, 0) is 19.2 Å². The van der Waals surface area contributed by atoms with E-state index in [4.69, 9.17) is 0 Å². The van der Waals surface area contributed by atoms with Gasteiger partial charge in [0.2, 0.25) is 17.7 Å². The number of piperidine rings is 1. The van der Waals surface area contributed by atoms with E-state index in [2.05, 4.69) is 5.32 Å². The first-order chi connectivity index (χ1) is 9.17. The maximum Gasteiger partial charge on any atom is 0.331 e. The molecule has 2 rings (SSSR count). The summed E-state index contributed by atoms with van der Waals surface area (Å²) in [6.07, 6.45) is 0.143. The Kier molecular flexibility index (Phi) is 3.11. The van der Waals surface area contributed by atoms with Crippen molar-refractivity contribution in [2.75, 3.05) is 7.05 Å². The van der Waals surface area contributed by atoms with Crippen molar-refractivity contribution in [3.63, 3.8) is 0 Å². The molecule has 0 aliphatic carbocycles. The number of likely N-dealkylation sites (tertiary alicyclic amines) is 1. The maximum atomic E-state index is 12.3. The Bertz CT molecular complexity index is 539. The van der Waals surface area contributed by atoms with Crippen LogP contribution in [0.1, 0.15) is 26.7 Å². The molecule has 1 unspecified atom stereocenters. The molecule has 0 radical (unpaired) electrons. The third-order valence-electron chi connectivity index (χ3n) is 3.69. The fourth-order valence-electron chi connectivity index (χ4n) is 2.22. The van der Waals surface area contributed by atoms with Crippen LogP contribution < -0.4 is 5.32 Å². The molecular formula is C12H15N3O5. The summed E-state index contributed by atoms with van der Waals surface area (Å²) in [5.74, 6) is -2.40. The lowest BCUT2D eigenvalue weighted by atomic mass is 9.87. The number of hydrogen-bond acceptors (Lipinski definition) is 5. The number of hydrogen-bond donors (Lipinski definition) is 1. The van der Waals surface area contributed by atoms with E-state index in [1.54, 1.807) is 0 Å². The Balaban J connectivity index is 2.34. The quantitative estimate of drug-likeness (QED) is 0.502. The van der Waals surface area contributed by atoms with Gasteiger partial charge in [-0.2, -0.15) is 0 Å². The van der Waals surface area contributed by atoms with Crippen LogP contribution in [0.4, 0.5) is 4.79 Å². The lowest BCUT2D eigenvalue weighted by Crippen LogP contribution is -2.67. The highest BCUT2D eigenvalue weighted by atomic mass is 16.2. The van der Waals surface area contributed by atoms with Gasteiger partial charge in [-0.05, 0) is 20.3 Å². The molecule has 1 N–H and O–H groups in total. The molecule has 0 aromatic rings. The molecule has 0 aromatic carbocycles. The average Bonchev–Trinajstić information content (AvgIpc) is 2.37. The van der Waals surface area contributed by atoms with Crippen molar-refractivity contribution < 1.29 is 24.0 Å². The molecule has 2 aliphatic heterocycles. The van der Waals surface area contributed by atoms with Crippen molar-refractivity contribution >= 4 is 29.7 Å². The van der Waals surface area contributed by atoms with Crippen LogP contribution in [0.15, 0.2) is 0 Å². The van der Waals surface area contributed by atoms with Gasteiger partial charge in [0.05, 0.1) is 0 Å². The number of nitrogens with zero attached hydrogens (tertiary/aromatic N) is 2. The molecule has 0 saturated carbocycles. The number of rotatable bonds is 1. The van der Waals surface area contributed by atoms with Gasteiger partial charge in [0, 0.05) is 13.5 Å². The monoisotopic (exact) mass is 281 g/mol. The molecule has 1 atom stereocenters. The lowest BCUT2D eigenvalue weighted by Gasteiger charge is -2.40. The maximum absolute atomic E-state index is 12.3. The Labute approximate surface area is 115 Å². The van der Waals surface area contributed by atoms with Crippen LogP contribution in [0.2, 0.25) is 0 Å². The summed E-state index contributed by atoms with van der Waals surface area (Å²) >= 11 is 0. The minimum absolute atomic E-state index is 0.0678. The summed E-state index contributed by atoms with van der Waals surface area (Å²) in [6.45, 7) is 2.76. The van der Waals surface area contributed by atoms with Gasteiger partial charge in [0.15, 0.2) is 0 Å². The molecule has 108 valence electrons. The smallest absolute Gasteiger partial charge is 0.284 e. The highest BCUT2D eigenvalue weighted by Crippen LogP contribution is 2.28.